The molecule has 0 unspecified atom stereocenters. The van der Waals surface area contributed by atoms with Gasteiger partial charge in [-0.25, -0.2) is 4.98 Å². The first-order valence-electron chi connectivity index (χ1n) is 9.35. The van der Waals surface area contributed by atoms with Crippen molar-refractivity contribution in [3.8, 4) is 5.69 Å². The number of para-hydroxylation sites is 1. The van der Waals surface area contributed by atoms with Gasteiger partial charge in [-0.3, -0.25) is 23.7 Å². The number of nitrogens with one attached hydrogen (secondary N) is 1. The lowest BCUT2D eigenvalue weighted by atomic mass is 10.2. The molecule has 0 aliphatic carbocycles. The van der Waals surface area contributed by atoms with Gasteiger partial charge in [-0.2, -0.15) is 0 Å². The van der Waals surface area contributed by atoms with E-state index in [9.17, 15) is 9.59 Å². The Kier molecular flexibility index (Phi) is 4.95. The Morgan fingerprint density at radius 3 is 2.52 bits per heavy atom. The number of carbonyl (C=O) groups is 1. The topological polar surface area (TPSA) is 81.8 Å². The molecule has 4 aromatic rings. The molecule has 3 heterocycles. The van der Waals surface area contributed by atoms with Crippen molar-refractivity contribution in [1.29, 1.82) is 0 Å². The first-order valence-corrected chi connectivity index (χ1v) is 9.35. The molecule has 29 heavy (non-hydrogen) atoms. The molecule has 0 saturated heterocycles. The maximum Gasteiger partial charge on any atom is 0.263 e. The van der Waals surface area contributed by atoms with Crippen LogP contribution in [0.15, 0.2) is 65.8 Å². The van der Waals surface area contributed by atoms with E-state index < -0.39 is 0 Å². The monoisotopic (exact) mass is 387 g/mol. The zero-order valence-corrected chi connectivity index (χ0v) is 16.3. The number of hydrogen-bond donors (Lipinski definition) is 1. The van der Waals surface area contributed by atoms with E-state index in [1.54, 1.807) is 6.20 Å². The van der Waals surface area contributed by atoms with Crippen molar-refractivity contribution in [2.24, 2.45) is 0 Å². The van der Waals surface area contributed by atoms with E-state index in [-0.39, 0.29) is 18.0 Å². The lowest BCUT2D eigenvalue weighted by molar-refractivity contribution is -0.121. The van der Waals surface area contributed by atoms with Gasteiger partial charge < -0.3 is 5.32 Å². The van der Waals surface area contributed by atoms with Gasteiger partial charge in [0, 0.05) is 17.6 Å². The number of aryl methyl sites for hydroxylation is 1. The predicted octanol–water partition coefficient (Wildman–Crippen LogP) is 2.52. The van der Waals surface area contributed by atoms with Crippen molar-refractivity contribution in [2.75, 3.05) is 0 Å². The lowest BCUT2D eigenvalue weighted by Gasteiger charge is -2.09. The van der Waals surface area contributed by atoms with E-state index in [4.69, 9.17) is 0 Å². The summed E-state index contributed by atoms with van der Waals surface area (Å²) in [7, 11) is 0. The molecule has 7 nitrogen and oxygen atoms in total. The zero-order chi connectivity index (χ0) is 20.4. The SMILES string of the molecule is Cc1c(C)n(-c2ccccc2)c2ncn(CC(=O)NCc3ccccn3)c(=O)c12. The summed E-state index contributed by atoms with van der Waals surface area (Å²) in [4.78, 5) is 34.1. The van der Waals surface area contributed by atoms with Gasteiger partial charge in [-0.05, 0) is 43.7 Å². The summed E-state index contributed by atoms with van der Waals surface area (Å²) in [6.45, 7) is 4.09. The van der Waals surface area contributed by atoms with Crippen LogP contribution in [0.2, 0.25) is 0 Å². The molecule has 0 aliphatic heterocycles. The summed E-state index contributed by atoms with van der Waals surface area (Å²) in [5.74, 6) is -0.268. The van der Waals surface area contributed by atoms with Gasteiger partial charge in [0.15, 0.2) is 5.65 Å². The van der Waals surface area contributed by atoms with Gasteiger partial charge >= 0.3 is 0 Å². The van der Waals surface area contributed by atoms with E-state index in [0.29, 0.717) is 17.6 Å². The third-order valence-corrected chi connectivity index (χ3v) is 5.00. The van der Waals surface area contributed by atoms with Gasteiger partial charge in [0.2, 0.25) is 5.91 Å². The highest BCUT2D eigenvalue weighted by atomic mass is 16.2. The first kappa shape index (κ1) is 18.6. The number of rotatable bonds is 5. The summed E-state index contributed by atoms with van der Waals surface area (Å²) in [5.41, 5.74) is 3.89. The number of amides is 1. The maximum absolute atomic E-state index is 13.1. The quantitative estimate of drug-likeness (QED) is 0.570. The van der Waals surface area contributed by atoms with Crippen molar-refractivity contribution in [1.82, 2.24) is 24.4 Å². The number of aromatic nitrogens is 4. The van der Waals surface area contributed by atoms with E-state index in [1.165, 1.54) is 10.9 Å². The van der Waals surface area contributed by atoms with Crippen molar-refractivity contribution < 1.29 is 4.79 Å². The number of nitrogens with zero attached hydrogens (tertiary/aromatic N) is 4. The summed E-state index contributed by atoms with van der Waals surface area (Å²) in [5, 5.41) is 3.32. The summed E-state index contributed by atoms with van der Waals surface area (Å²) < 4.78 is 3.31. The largest absolute Gasteiger partial charge is 0.349 e. The normalized spacial score (nSPS) is 11.0. The van der Waals surface area contributed by atoms with Gasteiger partial charge in [0.1, 0.15) is 12.9 Å². The Bertz CT molecular complexity index is 1230. The lowest BCUT2D eigenvalue weighted by Crippen LogP contribution is -2.32. The van der Waals surface area contributed by atoms with Crippen LogP contribution < -0.4 is 10.9 Å². The van der Waals surface area contributed by atoms with E-state index in [2.05, 4.69) is 15.3 Å². The Hall–Kier alpha value is -3.74. The number of carbonyl (C=O) groups excluding carboxylic acids is 1. The maximum atomic E-state index is 13.1. The molecule has 3 aromatic heterocycles. The van der Waals surface area contributed by atoms with Crippen LogP contribution in [-0.4, -0.2) is 25.0 Å². The van der Waals surface area contributed by atoms with Gasteiger partial charge in [-0.15, -0.1) is 0 Å². The molecule has 0 fully saturated rings. The highest BCUT2D eigenvalue weighted by Crippen LogP contribution is 2.24. The molecular weight excluding hydrogens is 366 g/mol. The van der Waals surface area contributed by atoms with Crippen molar-refractivity contribution in [3.63, 3.8) is 0 Å². The summed E-state index contributed by atoms with van der Waals surface area (Å²) >= 11 is 0. The van der Waals surface area contributed by atoms with E-state index in [0.717, 1.165) is 22.6 Å². The molecule has 1 amide bonds. The van der Waals surface area contributed by atoms with E-state index in [1.807, 2.05) is 66.9 Å². The first-order chi connectivity index (χ1) is 14.1. The van der Waals surface area contributed by atoms with Gasteiger partial charge in [0.05, 0.1) is 17.6 Å². The van der Waals surface area contributed by atoms with Crippen molar-refractivity contribution in [3.05, 3.63) is 88.4 Å². The fraction of sp³-hybridized carbons (Fsp3) is 0.182. The molecule has 146 valence electrons. The number of benzene rings is 1. The molecule has 0 saturated carbocycles. The van der Waals surface area contributed by atoms with Crippen LogP contribution in [0.5, 0.6) is 0 Å². The number of fused-ring (bicyclic) bond motifs is 1. The van der Waals surface area contributed by atoms with Crippen LogP contribution in [0.1, 0.15) is 17.0 Å². The Labute approximate surface area is 167 Å². The second-order valence-electron chi connectivity index (χ2n) is 6.86. The molecule has 0 spiro atoms. The Morgan fingerprint density at radius 1 is 1.03 bits per heavy atom. The minimum absolute atomic E-state index is 0.0936. The fourth-order valence-electron chi connectivity index (χ4n) is 3.39. The molecule has 0 aliphatic rings. The average molecular weight is 387 g/mol. The molecule has 0 bridgehead atoms. The Morgan fingerprint density at radius 2 is 1.79 bits per heavy atom. The third-order valence-electron chi connectivity index (χ3n) is 5.00. The molecule has 0 radical (unpaired) electrons. The minimum Gasteiger partial charge on any atom is -0.349 e. The molecule has 1 N–H and O–H groups in total. The van der Waals surface area contributed by atoms with Crippen LogP contribution >= 0.6 is 0 Å². The van der Waals surface area contributed by atoms with Crippen LogP contribution in [-0.2, 0) is 17.9 Å². The molecule has 4 rings (SSSR count). The minimum atomic E-state index is -0.268. The summed E-state index contributed by atoms with van der Waals surface area (Å²) in [6, 6.07) is 15.3. The predicted molar refractivity (Wildman–Crippen MR) is 111 cm³/mol. The van der Waals surface area contributed by atoms with Gasteiger partial charge in [-0.1, -0.05) is 24.3 Å². The van der Waals surface area contributed by atoms with Crippen LogP contribution in [0.4, 0.5) is 0 Å². The summed E-state index contributed by atoms with van der Waals surface area (Å²) in [6.07, 6.45) is 3.11. The standard InChI is InChI=1S/C22H21N5O2/c1-15-16(2)27(18-9-4-3-5-10-18)21-20(15)22(29)26(14-25-21)13-19(28)24-12-17-8-6-7-11-23-17/h3-11,14H,12-13H2,1-2H3,(H,24,28). The molecule has 1 aromatic carbocycles. The second-order valence-corrected chi connectivity index (χ2v) is 6.86. The average Bonchev–Trinajstić information content (AvgIpc) is 3.01. The molecular formula is C22H21N5O2. The number of pyridine rings is 1. The molecule has 7 heteroatoms. The van der Waals surface area contributed by atoms with Crippen LogP contribution in [0, 0.1) is 13.8 Å². The van der Waals surface area contributed by atoms with Crippen LogP contribution in [0.25, 0.3) is 16.7 Å². The second kappa shape index (κ2) is 7.71. The number of hydrogen-bond acceptors (Lipinski definition) is 4. The molecule has 0 atom stereocenters. The van der Waals surface area contributed by atoms with Gasteiger partial charge in [0.25, 0.3) is 5.56 Å². The highest BCUT2D eigenvalue weighted by Gasteiger charge is 2.18. The smallest absolute Gasteiger partial charge is 0.263 e. The third kappa shape index (κ3) is 3.54. The van der Waals surface area contributed by atoms with Crippen molar-refractivity contribution >= 4 is 16.9 Å². The Balaban J connectivity index is 1.64. The van der Waals surface area contributed by atoms with E-state index >= 15 is 0 Å². The highest BCUT2D eigenvalue weighted by molar-refractivity contribution is 5.83. The van der Waals surface area contributed by atoms with Crippen LogP contribution in [0.3, 0.4) is 0 Å². The fourth-order valence-corrected chi connectivity index (χ4v) is 3.39. The van der Waals surface area contributed by atoms with Crippen molar-refractivity contribution in [2.45, 2.75) is 26.9 Å². The zero-order valence-electron chi connectivity index (χ0n) is 16.3.